The zero-order chi connectivity index (χ0) is 15.1. The van der Waals surface area contributed by atoms with Crippen molar-refractivity contribution in [1.82, 2.24) is 0 Å². The zero-order valence-electron chi connectivity index (χ0n) is 12.3. The Balaban J connectivity index is 3.25. The van der Waals surface area contributed by atoms with Gasteiger partial charge in [-0.05, 0) is 26.8 Å². The van der Waals surface area contributed by atoms with Gasteiger partial charge in [-0.15, -0.1) is 0 Å². The van der Waals surface area contributed by atoms with Crippen LogP contribution < -0.4 is 4.74 Å². The van der Waals surface area contributed by atoms with E-state index in [1.807, 2.05) is 13.0 Å². The van der Waals surface area contributed by atoms with Gasteiger partial charge in [-0.3, -0.25) is 9.59 Å². The van der Waals surface area contributed by atoms with Crippen molar-refractivity contribution in [2.24, 2.45) is 0 Å². The molecule has 0 saturated carbocycles. The van der Waals surface area contributed by atoms with Crippen LogP contribution in [0.15, 0.2) is 18.2 Å². The van der Waals surface area contributed by atoms with Gasteiger partial charge in [0.15, 0.2) is 5.92 Å². The molecule has 0 heterocycles. The topological polar surface area (TPSA) is 61.8 Å². The maximum Gasteiger partial charge on any atom is 0.325 e. The average molecular weight is 280 g/mol. The lowest BCUT2D eigenvalue weighted by atomic mass is 9.96. The van der Waals surface area contributed by atoms with Gasteiger partial charge in [-0.1, -0.05) is 17.7 Å². The van der Waals surface area contributed by atoms with Crippen molar-refractivity contribution < 1.29 is 23.8 Å². The van der Waals surface area contributed by atoms with E-state index in [0.717, 1.165) is 5.56 Å². The maximum absolute atomic E-state index is 12.1. The highest BCUT2D eigenvalue weighted by Crippen LogP contribution is 2.30. The molecule has 0 aromatic heterocycles. The average Bonchev–Trinajstić information content (AvgIpc) is 2.40. The second kappa shape index (κ2) is 7.53. The summed E-state index contributed by atoms with van der Waals surface area (Å²) in [6, 6.07) is 5.29. The molecule has 20 heavy (non-hydrogen) atoms. The number of methoxy groups -OCH3 is 1. The molecule has 0 saturated heterocycles. The number of carbonyl (C=O) groups is 2. The van der Waals surface area contributed by atoms with Crippen LogP contribution in [0, 0.1) is 6.92 Å². The van der Waals surface area contributed by atoms with Gasteiger partial charge in [0, 0.05) is 5.56 Å². The predicted molar refractivity (Wildman–Crippen MR) is 73.7 cm³/mol. The van der Waals surface area contributed by atoms with E-state index < -0.39 is 17.9 Å². The fraction of sp³-hybridized carbons (Fsp3) is 0.467. The molecule has 0 atom stereocenters. The minimum absolute atomic E-state index is 0.197. The smallest absolute Gasteiger partial charge is 0.325 e. The van der Waals surface area contributed by atoms with E-state index in [4.69, 9.17) is 14.2 Å². The summed E-state index contributed by atoms with van der Waals surface area (Å²) in [5.41, 5.74) is 1.38. The second-order valence-electron chi connectivity index (χ2n) is 4.18. The fourth-order valence-electron chi connectivity index (χ4n) is 1.88. The normalized spacial score (nSPS) is 10.2. The van der Waals surface area contributed by atoms with Crippen LogP contribution in [0.4, 0.5) is 0 Å². The van der Waals surface area contributed by atoms with Gasteiger partial charge in [0.2, 0.25) is 0 Å². The number of hydrogen-bond donors (Lipinski definition) is 0. The van der Waals surface area contributed by atoms with Crippen LogP contribution in [0.2, 0.25) is 0 Å². The van der Waals surface area contributed by atoms with Crippen molar-refractivity contribution in [1.29, 1.82) is 0 Å². The molecule has 0 unspecified atom stereocenters. The molecular formula is C15H20O5. The molecule has 0 amide bonds. The van der Waals surface area contributed by atoms with Crippen LogP contribution >= 0.6 is 0 Å². The Morgan fingerprint density at radius 1 is 1.10 bits per heavy atom. The maximum atomic E-state index is 12.1. The third-order valence-electron chi connectivity index (χ3n) is 2.74. The van der Waals surface area contributed by atoms with Crippen molar-refractivity contribution in [3.8, 4) is 5.75 Å². The minimum atomic E-state index is -1.12. The summed E-state index contributed by atoms with van der Waals surface area (Å²) in [4.78, 5) is 24.1. The molecule has 0 aliphatic rings. The molecule has 0 spiro atoms. The van der Waals surface area contributed by atoms with Gasteiger partial charge in [-0.25, -0.2) is 0 Å². The number of ether oxygens (including phenoxy) is 3. The molecule has 1 rings (SSSR count). The molecule has 0 radical (unpaired) electrons. The molecule has 1 aromatic rings. The minimum Gasteiger partial charge on any atom is -0.496 e. The predicted octanol–water partition coefficient (Wildman–Crippen LogP) is 2.21. The molecule has 1 aromatic carbocycles. The van der Waals surface area contributed by atoms with E-state index in [2.05, 4.69) is 0 Å². The van der Waals surface area contributed by atoms with Gasteiger partial charge >= 0.3 is 11.9 Å². The summed E-state index contributed by atoms with van der Waals surface area (Å²) in [5.74, 6) is -1.92. The number of carbonyl (C=O) groups excluding carboxylic acids is 2. The van der Waals surface area contributed by atoms with E-state index in [9.17, 15) is 9.59 Å². The molecule has 0 bridgehead atoms. The highest BCUT2D eigenvalue weighted by atomic mass is 16.6. The first-order valence-electron chi connectivity index (χ1n) is 6.52. The lowest BCUT2D eigenvalue weighted by Crippen LogP contribution is -2.26. The van der Waals surface area contributed by atoms with Crippen molar-refractivity contribution in [3.05, 3.63) is 29.3 Å². The summed E-state index contributed by atoms with van der Waals surface area (Å²) in [7, 11) is 1.49. The van der Waals surface area contributed by atoms with Crippen molar-refractivity contribution in [3.63, 3.8) is 0 Å². The van der Waals surface area contributed by atoms with Crippen LogP contribution in [-0.4, -0.2) is 32.3 Å². The molecule has 0 aliphatic carbocycles. The van der Waals surface area contributed by atoms with E-state index in [0.29, 0.717) is 11.3 Å². The molecule has 110 valence electrons. The van der Waals surface area contributed by atoms with Crippen molar-refractivity contribution >= 4 is 11.9 Å². The van der Waals surface area contributed by atoms with Gasteiger partial charge < -0.3 is 14.2 Å². The van der Waals surface area contributed by atoms with E-state index in [1.165, 1.54) is 7.11 Å². The molecule has 0 aliphatic heterocycles. The molecule has 0 N–H and O–H groups in total. The first-order valence-corrected chi connectivity index (χ1v) is 6.52. The Hall–Kier alpha value is -2.04. The third kappa shape index (κ3) is 3.73. The molecular weight excluding hydrogens is 260 g/mol. The monoisotopic (exact) mass is 280 g/mol. The first kappa shape index (κ1) is 16.0. The van der Waals surface area contributed by atoms with Crippen molar-refractivity contribution in [2.75, 3.05) is 20.3 Å². The molecule has 5 nitrogen and oxygen atoms in total. The summed E-state index contributed by atoms with van der Waals surface area (Å²) in [5, 5.41) is 0. The largest absolute Gasteiger partial charge is 0.496 e. The quantitative estimate of drug-likeness (QED) is 0.590. The number of rotatable bonds is 6. The van der Waals surface area contributed by atoms with Gasteiger partial charge in [0.1, 0.15) is 5.75 Å². The lowest BCUT2D eigenvalue weighted by Gasteiger charge is -2.17. The summed E-state index contributed by atoms with van der Waals surface area (Å²) in [6.07, 6.45) is 0. The Labute approximate surface area is 118 Å². The Bertz CT molecular complexity index is 463. The standard InChI is InChI=1S/C15H20O5/c1-5-19-14(16)13(15(17)20-6-2)11-9-10(3)7-8-12(11)18-4/h7-9,13H,5-6H2,1-4H3. The van der Waals surface area contributed by atoms with Crippen LogP contribution in [0.5, 0.6) is 5.75 Å². The Morgan fingerprint density at radius 3 is 2.10 bits per heavy atom. The Kier molecular flexibility index (Phi) is 6.03. The summed E-state index contributed by atoms with van der Waals surface area (Å²) in [6.45, 7) is 5.64. The van der Waals surface area contributed by atoms with Crippen LogP contribution in [0.3, 0.4) is 0 Å². The SMILES string of the molecule is CCOC(=O)C(C(=O)OCC)c1cc(C)ccc1OC. The number of hydrogen-bond acceptors (Lipinski definition) is 5. The van der Waals surface area contributed by atoms with Crippen molar-refractivity contribution in [2.45, 2.75) is 26.7 Å². The van der Waals surface area contributed by atoms with Gasteiger partial charge in [-0.2, -0.15) is 0 Å². The van der Waals surface area contributed by atoms with E-state index in [1.54, 1.807) is 26.0 Å². The highest BCUT2D eigenvalue weighted by molar-refractivity contribution is 6.01. The van der Waals surface area contributed by atoms with E-state index in [-0.39, 0.29) is 13.2 Å². The molecule has 5 heteroatoms. The highest BCUT2D eigenvalue weighted by Gasteiger charge is 2.33. The molecule has 0 fully saturated rings. The van der Waals surface area contributed by atoms with Gasteiger partial charge in [0.05, 0.1) is 20.3 Å². The number of aryl methyl sites for hydroxylation is 1. The van der Waals surface area contributed by atoms with Gasteiger partial charge in [0.25, 0.3) is 0 Å². The lowest BCUT2D eigenvalue weighted by molar-refractivity contribution is -0.157. The summed E-state index contributed by atoms with van der Waals surface area (Å²) >= 11 is 0. The number of benzene rings is 1. The summed E-state index contributed by atoms with van der Waals surface area (Å²) < 4.78 is 15.2. The van der Waals surface area contributed by atoms with Crippen LogP contribution in [0.1, 0.15) is 30.9 Å². The number of esters is 2. The Morgan fingerprint density at radius 2 is 1.65 bits per heavy atom. The van der Waals surface area contributed by atoms with Crippen LogP contribution in [0.25, 0.3) is 0 Å². The third-order valence-corrected chi connectivity index (χ3v) is 2.74. The zero-order valence-corrected chi connectivity index (χ0v) is 12.3. The second-order valence-corrected chi connectivity index (χ2v) is 4.18. The van der Waals surface area contributed by atoms with E-state index >= 15 is 0 Å². The fourth-order valence-corrected chi connectivity index (χ4v) is 1.88. The first-order chi connectivity index (χ1) is 9.54. The van der Waals surface area contributed by atoms with Crippen LogP contribution in [-0.2, 0) is 19.1 Å².